The molecule has 0 radical (unpaired) electrons. The van der Waals surface area contributed by atoms with Crippen LogP contribution in [0, 0.1) is 6.92 Å². The zero-order valence-electron chi connectivity index (χ0n) is 15.6. The second-order valence-corrected chi connectivity index (χ2v) is 7.34. The molecule has 0 aromatic heterocycles. The number of nitrogens with zero attached hydrogens (tertiary/aromatic N) is 2. The van der Waals surface area contributed by atoms with E-state index >= 15 is 0 Å². The van der Waals surface area contributed by atoms with Crippen LogP contribution in [0.4, 0.5) is 16.2 Å². The summed E-state index contributed by atoms with van der Waals surface area (Å²) in [6.45, 7) is 3.53. The van der Waals surface area contributed by atoms with Crippen LogP contribution < -0.4 is 10.2 Å². The molecular formula is C22H25N3O2. The molecule has 2 fully saturated rings. The van der Waals surface area contributed by atoms with Crippen LogP contribution in [0.3, 0.4) is 0 Å². The normalized spacial score (nSPS) is 19.6. The van der Waals surface area contributed by atoms with Crippen molar-refractivity contribution >= 4 is 23.3 Å². The first kappa shape index (κ1) is 17.6. The Labute approximate surface area is 160 Å². The van der Waals surface area contributed by atoms with Gasteiger partial charge >= 0.3 is 6.03 Å². The highest BCUT2D eigenvalue weighted by Crippen LogP contribution is 2.33. The number of aryl methyl sites for hydroxylation is 1. The molecule has 2 aromatic carbocycles. The Morgan fingerprint density at radius 1 is 1.07 bits per heavy atom. The van der Waals surface area contributed by atoms with Crippen LogP contribution in [-0.4, -0.2) is 29.9 Å². The number of hydrogen-bond acceptors (Lipinski definition) is 2. The van der Waals surface area contributed by atoms with E-state index in [1.165, 1.54) is 5.56 Å². The number of rotatable bonds is 3. The zero-order chi connectivity index (χ0) is 18.8. The highest BCUT2D eigenvalue weighted by atomic mass is 16.2. The SMILES string of the molecule is Cc1cc(NC(=O)N2CCC[C@H]2c2ccccc2)ccc1N1CCCC1=O. The largest absolute Gasteiger partial charge is 0.322 e. The summed E-state index contributed by atoms with van der Waals surface area (Å²) in [5.41, 5.74) is 3.90. The average molecular weight is 363 g/mol. The van der Waals surface area contributed by atoms with Gasteiger partial charge in [-0.15, -0.1) is 0 Å². The lowest BCUT2D eigenvalue weighted by atomic mass is 10.1. The lowest BCUT2D eigenvalue weighted by Gasteiger charge is -2.26. The molecule has 2 saturated heterocycles. The molecule has 5 heteroatoms. The van der Waals surface area contributed by atoms with E-state index in [4.69, 9.17) is 0 Å². The predicted octanol–water partition coefficient (Wildman–Crippen LogP) is 4.49. The van der Waals surface area contributed by atoms with E-state index in [1.54, 1.807) is 0 Å². The minimum atomic E-state index is -0.0641. The summed E-state index contributed by atoms with van der Waals surface area (Å²) in [6.07, 6.45) is 3.54. The summed E-state index contributed by atoms with van der Waals surface area (Å²) in [7, 11) is 0. The van der Waals surface area contributed by atoms with Gasteiger partial charge in [0.15, 0.2) is 0 Å². The minimum absolute atomic E-state index is 0.0641. The van der Waals surface area contributed by atoms with E-state index in [9.17, 15) is 9.59 Å². The number of anilines is 2. The van der Waals surface area contributed by atoms with Crippen molar-refractivity contribution in [2.75, 3.05) is 23.3 Å². The van der Waals surface area contributed by atoms with Crippen LogP contribution in [0.1, 0.15) is 42.9 Å². The lowest BCUT2D eigenvalue weighted by Crippen LogP contribution is -2.34. The maximum Gasteiger partial charge on any atom is 0.322 e. The molecule has 0 aliphatic carbocycles. The number of amides is 3. The van der Waals surface area contributed by atoms with Crippen LogP contribution in [0.15, 0.2) is 48.5 Å². The number of hydrogen-bond donors (Lipinski definition) is 1. The number of carbonyl (C=O) groups excluding carboxylic acids is 2. The van der Waals surface area contributed by atoms with Crippen LogP contribution in [-0.2, 0) is 4.79 Å². The Morgan fingerprint density at radius 3 is 2.59 bits per heavy atom. The van der Waals surface area contributed by atoms with Gasteiger partial charge in [-0.2, -0.15) is 0 Å². The summed E-state index contributed by atoms with van der Waals surface area (Å²) >= 11 is 0. The fraction of sp³-hybridized carbons (Fsp3) is 0.364. The van der Waals surface area contributed by atoms with Crippen molar-refractivity contribution in [3.8, 4) is 0 Å². The van der Waals surface area contributed by atoms with Crippen molar-refractivity contribution in [3.63, 3.8) is 0 Å². The van der Waals surface area contributed by atoms with Gasteiger partial charge in [0.05, 0.1) is 6.04 Å². The van der Waals surface area contributed by atoms with Gasteiger partial charge < -0.3 is 15.1 Å². The van der Waals surface area contributed by atoms with Crippen molar-refractivity contribution in [2.24, 2.45) is 0 Å². The third-order valence-electron chi connectivity index (χ3n) is 5.51. The van der Waals surface area contributed by atoms with Crippen molar-refractivity contribution in [1.82, 2.24) is 4.90 Å². The second-order valence-electron chi connectivity index (χ2n) is 7.34. The van der Waals surface area contributed by atoms with E-state index in [0.717, 1.165) is 49.3 Å². The van der Waals surface area contributed by atoms with Gasteiger partial charge in [0.25, 0.3) is 0 Å². The van der Waals surface area contributed by atoms with Gasteiger partial charge in [-0.05, 0) is 55.5 Å². The topological polar surface area (TPSA) is 52.7 Å². The quantitative estimate of drug-likeness (QED) is 0.873. The van der Waals surface area contributed by atoms with Crippen LogP contribution in [0.2, 0.25) is 0 Å². The number of benzene rings is 2. The molecule has 27 heavy (non-hydrogen) atoms. The van der Waals surface area contributed by atoms with Crippen LogP contribution in [0.5, 0.6) is 0 Å². The van der Waals surface area contributed by atoms with E-state index < -0.39 is 0 Å². The Morgan fingerprint density at radius 2 is 1.89 bits per heavy atom. The van der Waals surface area contributed by atoms with Gasteiger partial charge in [0.1, 0.15) is 0 Å². The highest BCUT2D eigenvalue weighted by molar-refractivity contribution is 5.97. The Kier molecular flexibility index (Phi) is 4.84. The minimum Gasteiger partial charge on any atom is -0.317 e. The molecule has 5 nitrogen and oxygen atoms in total. The highest BCUT2D eigenvalue weighted by Gasteiger charge is 2.30. The number of urea groups is 1. The molecule has 4 rings (SSSR count). The smallest absolute Gasteiger partial charge is 0.317 e. The maximum atomic E-state index is 12.9. The van der Waals surface area contributed by atoms with Gasteiger partial charge in [-0.1, -0.05) is 30.3 Å². The van der Waals surface area contributed by atoms with Gasteiger partial charge in [-0.25, -0.2) is 4.79 Å². The Hall–Kier alpha value is -2.82. The molecule has 3 amide bonds. The van der Waals surface area contributed by atoms with Crippen molar-refractivity contribution in [3.05, 3.63) is 59.7 Å². The number of carbonyl (C=O) groups is 2. The molecule has 2 aromatic rings. The average Bonchev–Trinajstić information content (AvgIpc) is 3.32. The van der Waals surface area contributed by atoms with Crippen LogP contribution >= 0.6 is 0 Å². The molecule has 2 aliphatic heterocycles. The first-order valence-corrected chi connectivity index (χ1v) is 9.67. The molecule has 0 spiro atoms. The predicted molar refractivity (Wildman–Crippen MR) is 107 cm³/mol. The van der Waals surface area contributed by atoms with E-state index in [-0.39, 0.29) is 18.0 Å². The molecule has 2 aliphatic rings. The van der Waals surface area contributed by atoms with Gasteiger partial charge in [-0.3, -0.25) is 4.79 Å². The monoisotopic (exact) mass is 363 g/mol. The molecule has 2 heterocycles. The third kappa shape index (κ3) is 3.54. The molecule has 1 atom stereocenters. The Bertz CT molecular complexity index is 850. The number of likely N-dealkylation sites (tertiary alicyclic amines) is 1. The van der Waals surface area contributed by atoms with Crippen molar-refractivity contribution in [2.45, 2.75) is 38.6 Å². The molecule has 140 valence electrons. The number of nitrogens with one attached hydrogen (secondary N) is 1. The van der Waals surface area contributed by atoms with Crippen LogP contribution in [0.25, 0.3) is 0 Å². The fourth-order valence-corrected chi connectivity index (χ4v) is 4.17. The molecular weight excluding hydrogens is 338 g/mol. The molecule has 0 saturated carbocycles. The third-order valence-corrected chi connectivity index (χ3v) is 5.51. The first-order valence-electron chi connectivity index (χ1n) is 9.67. The molecule has 0 unspecified atom stereocenters. The van der Waals surface area contributed by atoms with Gasteiger partial charge in [0.2, 0.25) is 5.91 Å². The first-order chi connectivity index (χ1) is 13.1. The summed E-state index contributed by atoms with van der Waals surface area (Å²) < 4.78 is 0. The van der Waals surface area contributed by atoms with E-state index in [0.29, 0.717) is 6.42 Å². The van der Waals surface area contributed by atoms with Crippen molar-refractivity contribution in [1.29, 1.82) is 0 Å². The van der Waals surface area contributed by atoms with E-state index in [1.807, 2.05) is 53.1 Å². The summed E-state index contributed by atoms with van der Waals surface area (Å²) in [4.78, 5) is 28.6. The standard InChI is InChI=1S/C22H25N3O2/c1-16-15-18(11-12-19(16)24-13-6-10-21(24)26)23-22(27)25-14-5-9-20(25)17-7-3-2-4-8-17/h2-4,7-8,11-12,15,20H,5-6,9-10,13-14H2,1H3,(H,23,27)/t20-/m0/s1. The van der Waals surface area contributed by atoms with Crippen molar-refractivity contribution < 1.29 is 9.59 Å². The molecule has 0 bridgehead atoms. The molecule has 1 N–H and O–H groups in total. The lowest BCUT2D eigenvalue weighted by molar-refractivity contribution is -0.117. The maximum absolute atomic E-state index is 12.9. The van der Waals surface area contributed by atoms with E-state index in [2.05, 4.69) is 17.4 Å². The Balaban J connectivity index is 1.48. The fourth-order valence-electron chi connectivity index (χ4n) is 4.17. The second kappa shape index (κ2) is 7.43. The summed E-state index contributed by atoms with van der Waals surface area (Å²) in [5.74, 6) is 0.178. The van der Waals surface area contributed by atoms with Gasteiger partial charge in [0, 0.05) is 30.9 Å². The zero-order valence-corrected chi connectivity index (χ0v) is 15.6. The summed E-state index contributed by atoms with van der Waals surface area (Å²) in [6, 6.07) is 16.1. The summed E-state index contributed by atoms with van der Waals surface area (Å²) in [5, 5.41) is 3.04.